The van der Waals surface area contributed by atoms with Crippen LogP contribution in [0, 0.1) is 0 Å². The van der Waals surface area contributed by atoms with Crippen LogP contribution in [0.5, 0.6) is 6.01 Å². The molecule has 0 atom stereocenters. The molecule has 6 nitrogen and oxygen atoms in total. The van der Waals surface area contributed by atoms with Gasteiger partial charge in [-0.1, -0.05) is 12.1 Å². The summed E-state index contributed by atoms with van der Waals surface area (Å²) < 4.78 is 4.85. The third kappa shape index (κ3) is 3.92. The van der Waals surface area contributed by atoms with E-state index >= 15 is 0 Å². The van der Waals surface area contributed by atoms with Gasteiger partial charge in [0.2, 0.25) is 0 Å². The summed E-state index contributed by atoms with van der Waals surface area (Å²) in [7, 11) is 5.45. The molecule has 0 saturated carbocycles. The Morgan fingerprint density at radius 1 is 1.19 bits per heavy atom. The summed E-state index contributed by atoms with van der Waals surface area (Å²) in [5.74, 6) is -0.214. The van der Waals surface area contributed by atoms with Gasteiger partial charge in [0.1, 0.15) is 0 Å². The van der Waals surface area contributed by atoms with Crippen molar-refractivity contribution in [2.24, 2.45) is 0 Å². The van der Waals surface area contributed by atoms with Crippen LogP contribution in [0.3, 0.4) is 0 Å². The van der Waals surface area contributed by atoms with Crippen molar-refractivity contribution < 1.29 is 9.53 Å². The Bertz CT molecular complexity index is 594. The average molecular weight is 286 g/mol. The second-order valence-electron chi connectivity index (χ2n) is 4.70. The highest BCUT2D eigenvalue weighted by molar-refractivity contribution is 5.93. The number of carbonyl (C=O) groups excluding carboxylic acids is 1. The van der Waals surface area contributed by atoms with Crippen LogP contribution in [0.4, 0.5) is 5.69 Å². The minimum atomic E-state index is -0.214. The number of methoxy groups -OCH3 is 1. The maximum atomic E-state index is 12.0. The van der Waals surface area contributed by atoms with Gasteiger partial charge in [-0.05, 0) is 17.7 Å². The molecule has 1 amide bonds. The highest BCUT2D eigenvalue weighted by atomic mass is 16.5. The summed E-state index contributed by atoms with van der Waals surface area (Å²) in [4.78, 5) is 21.8. The molecule has 0 bridgehead atoms. The first-order valence-electron chi connectivity index (χ1n) is 6.50. The third-order valence-electron chi connectivity index (χ3n) is 2.98. The predicted molar refractivity (Wildman–Crippen MR) is 80.5 cm³/mol. The van der Waals surface area contributed by atoms with Gasteiger partial charge in [-0.2, -0.15) is 0 Å². The van der Waals surface area contributed by atoms with Gasteiger partial charge in [0.05, 0.1) is 12.7 Å². The lowest BCUT2D eigenvalue weighted by atomic mass is 10.2. The van der Waals surface area contributed by atoms with E-state index in [4.69, 9.17) is 4.74 Å². The van der Waals surface area contributed by atoms with Gasteiger partial charge >= 0.3 is 6.01 Å². The van der Waals surface area contributed by atoms with Crippen LogP contribution in [0.15, 0.2) is 36.7 Å². The Morgan fingerprint density at radius 3 is 2.33 bits per heavy atom. The summed E-state index contributed by atoms with van der Waals surface area (Å²) in [6.45, 7) is 0.457. The van der Waals surface area contributed by atoms with Gasteiger partial charge < -0.3 is 15.0 Å². The van der Waals surface area contributed by atoms with E-state index in [1.807, 2.05) is 43.3 Å². The van der Waals surface area contributed by atoms with Crippen LogP contribution < -0.4 is 15.0 Å². The number of nitrogens with zero attached hydrogens (tertiary/aromatic N) is 3. The van der Waals surface area contributed by atoms with Crippen molar-refractivity contribution in [3.05, 3.63) is 47.8 Å². The number of ether oxygens (including phenoxy) is 1. The Hall–Kier alpha value is -2.63. The van der Waals surface area contributed by atoms with Gasteiger partial charge in [-0.15, -0.1) is 0 Å². The van der Waals surface area contributed by atoms with Crippen LogP contribution in [-0.4, -0.2) is 37.1 Å². The molecular formula is C15H18N4O2. The van der Waals surface area contributed by atoms with Crippen molar-refractivity contribution in [1.29, 1.82) is 0 Å². The highest BCUT2D eigenvalue weighted by Gasteiger charge is 2.07. The van der Waals surface area contributed by atoms with Crippen molar-refractivity contribution >= 4 is 11.6 Å². The monoisotopic (exact) mass is 286 g/mol. The third-order valence-corrected chi connectivity index (χ3v) is 2.98. The molecular weight excluding hydrogens is 268 g/mol. The van der Waals surface area contributed by atoms with Gasteiger partial charge in [-0.3, -0.25) is 4.79 Å². The zero-order valence-electron chi connectivity index (χ0n) is 12.3. The topological polar surface area (TPSA) is 67.3 Å². The molecule has 0 aliphatic rings. The second kappa shape index (κ2) is 6.69. The van der Waals surface area contributed by atoms with E-state index in [-0.39, 0.29) is 11.9 Å². The van der Waals surface area contributed by atoms with E-state index in [2.05, 4.69) is 15.3 Å². The summed E-state index contributed by atoms with van der Waals surface area (Å²) in [6, 6.07) is 8.24. The fourth-order valence-electron chi connectivity index (χ4n) is 1.74. The zero-order chi connectivity index (χ0) is 15.2. The number of amides is 1. The molecule has 0 aliphatic carbocycles. The Morgan fingerprint density at radius 2 is 1.81 bits per heavy atom. The summed E-state index contributed by atoms with van der Waals surface area (Å²) in [6.07, 6.45) is 2.88. The first kappa shape index (κ1) is 14.8. The number of carbonyl (C=O) groups is 1. The van der Waals surface area contributed by atoms with Gasteiger partial charge in [-0.25, -0.2) is 9.97 Å². The van der Waals surface area contributed by atoms with Crippen LogP contribution in [-0.2, 0) is 6.54 Å². The predicted octanol–water partition coefficient (Wildman–Crippen LogP) is 1.48. The first-order chi connectivity index (χ1) is 10.1. The van der Waals surface area contributed by atoms with Gasteiger partial charge in [0.15, 0.2) is 0 Å². The average Bonchev–Trinajstić information content (AvgIpc) is 2.53. The van der Waals surface area contributed by atoms with Crippen molar-refractivity contribution in [3.63, 3.8) is 0 Å². The number of benzene rings is 1. The maximum absolute atomic E-state index is 12.0. The summed E-state index contributed by atoms with van der Waals surface area (Å²) >= 11 is 0. The van der Waals surface area contributed by atoms with E-state index in [1.165, 1.54) is 19.5 Å². The minimum Gasteiger partial charge on any atom is -0.467 e. The molecule has 0 fully saturated rings. The number of anilines is 1. The number of hydrogen-bond donors (Lipinski definition) is 1. The quantitative estimate of drug-likeness (QED) is 0.901. The number of nitrogens with one attached hydrogen (secondary N) is 1. The second-order valence-corrected chi connectivity index (χ2v) is 4.70. The molecule has 2 aromatic rings. The first-order valence-corrected chi connectivity index (χ1v) is 6.50. The lowest BCUT2D eigenvalue weighted by Gasteiger charge is -2.12. The van der Waals surface area contributed by atoms with Gasteiger partial charge in [0.25, 0.3) is 5.91 Å². The minimum absolute atomic E-state index is 0.214. The Labute approximate surface area is 123 Å². The molecule has 6 heteroatoms. The fourth-order valence-corrected chi connectivity index (χ4v) is 1.74. The largest absolute Gasteiger partial charge is 0.467 e. The molecule has 1 aromatic heterocycles. The molecule has 0 radical (unpaired) electrons. The molecule has 0 aliphatic heterocycles. The van der Waals surface area contributed by atoms with E-state index in [0.29, 0.717) is 12.1 Å². The van der Waals surface area contributed by atoms with Crippen LogP contribution in [0.25, 0.3) is 0 Å². The SMILES string of the molecule is COc1ncc(C(=O)NCc2ccc(N(C)C)cc2)cn1. The summed E-state index contributed by atoms with van der Waals surface area (Å²) in [5.41, 5.74) is 2.55. The van der Waals surface area contributed by atoms with E-state index in [9.17, 15) is 4.79 Å². The molecule has 1 heterocycles. The molecule has 1 N–H and O–H groups in total. The standard InChI is InChI=1S/C15H18N4O2/c1-19(2)13-6-4-11(5-7-13)8-16-14(20)12-9-17-15(21-3)18-10-12/h4-7,9-10H,8H2,1-3H3,(H,16,20). The molecule has 0 saturated heterocycles. The molecule has 0 unspecified atom stereocenters. The smallest absolute Gasteiger partial charge is 0.316 e. The normalized spacial score (nSPS) is 10.0. The molecule has 0 spiro atoms. The van der Waals surface area contributed by atoms with Gasteiger partial charge in [0, 0.05) is 38.7 Å². The lowest BCUT2D eigenvalue weighted by Crippen LogP contribution is -2.23. The lowest BCUT2D eigenvalue weighted by molar-refractivity contribution is 0.0950. The number of rotatable bonds is 5. The Kier molecular flexibility index (Phi) is 4.71. The Balaban J connectivity index is 1.93. The zero-order valence-corrected chi connectivity index (χ0v) is 12.3. The van der Waals surface area contributed by atoms with Crippen molar-refractivity contribution in [1.82, 2.24) is 15.3 Å². The number of hydrogen-bond acceptors (Lipinski definition) is 5. The van der Waals surface area contributed by atoms with Crippen LogP contribution in [0.2, 0.25) is 0 Å². The van der Waals surface area contributed by atoms with E-state index in [0.717, 1.165) is 11.3 Å². The molecule has 1 aromatic carbocycles. The van der Waals surface area contributed by atoms with Crippen LogP contribution in [0.1, 0.15) is 15.9 Å². The van der Waals surface area contributed by atoms with Crippen LogP contribution >= 0.6 is 0 Å². The maximum Gasteiger partial charge on any atom is 0.316 e. The molecule has 110 valence electrons. The molecule has 2 rings (SSSR count). The van der Waals surface area contributed by atoms with Crippen molar-refractivity contribution in [3.8, 4) is 6.01 Å². The summed E-state index contributed by atoms with van der Waals surface area (Å²) in [5, 5.41) is 2.83. The highest BCUT2D eigenvalue weighted by Crippen LogP contribution is 2.12. The number of aromatic nitrogens is 2. The van der Waals surface area contributed by atoms with Crippen molar-refractivity contribution in [2.45, 2.75) is 6.54 Å². The van der Waals surface area contributed by atoms with E-state index in [1.54, 1.807) is 0 Å². The van der Waals surface area contributed by atoms with Crippen molar-refractivity contribution in [2.75, 3.05) is 26.1 Å². The van der Waals surface area contributed by atoms with E-state index < -0.39 is 0 Å². The fraction of sp³-hybridized carbons (Fsp3) is 0.267. The molecule has 21 heavy (non-hydrogen) atoms.